The molecular weight excluding hydrogens is 222 g/mol. The van der Waals surface area contributed by atoms with E-state index in [0.717, 1.165) is 34.5 Å². The molecule has 0 spiro atoms. The van der Waals surface area contributed by atoms with Crippen LogP contribution in [0.1, 0.15) is 31.9 Å². The summed E-state index contributed by atoms with van der Waals surface area (Å²) in [7, 11) is 0. The predicted molar refractivity (Wildman–Crippen MR) is 67.9 cm³/mol. The van der Waals surface area contributed by atoms with E-state index in [2.05, 4.69) is 11.5 Å². The maximum absolute atomic E-state index is 9.73. The van der Waals surface area contributed by atoms with Gasteiger partial charge in [-0.1, -0.05) is 24.6 Å². The van der Waals surface area contributed by atoms with Gasteiger partial charge in [0.2, 0.25) is 0 Å². The van der Waals surface area contributed by atoms with Crippen molar-refractivity contribution in [3.63, 3.8) is 0 Å². The van der Waals surface area contributed by atoms with Crippen LogP contribution in [-0.4, -0.2) is 9.67 Å². The van der Waals surface area contributed by atoms with Gasteiger partial charge in [0.05, 0.1) is 6.10 Å². The number of aliphatic hydroxyl groups is 1. The van der Waals surface area contributed by atoms with Crippen LogP contribution in [0, 0.1) is 0 Å². The van der Waals surface area contributed by atoms with Gasteiger partial charge < -0.3 is 9.67 Å². The molecule has 1 atom stereocenters. The third-order valence-corrected chi connectivity index (χ3v) is 3.02. The Kier molecular flexibility index (Phi) is 3.22. The van der Waals surface area contributed by atoms with E-state index in [4.69, 9.17) is 11.6 Å². The topological polar surface area (TPSA) is 25.2 Å². The van der Waals surface area contributed by atoms with E-state index in [-0.39, 0.29) is 0 Å². The summed E-state index contributed by atoms with van der Waals surface area (Å²) in [6.07, 6.45) is 2.65. The Morgan fingerprint density at radius 2 is 2.19 bits per heavy atom. The average Bonchev–Trinajstić information content (AvgIpc) is 2.58. The molecule has 2 rings (SSSR count). The molecule has 0 bridgehead atoms. The molecule has 0 saturated carbocycles. The third-order valence-electron chi connectivity index (χ3n) is 2.79. The molecule has 1 unspecified atom stereocenters. The Morgan fingerprint density at radius 3 is 2.81 bits per heavy atom. The molecule has 16 heavy (non-hydrogen) atoms. The molecular formula is C13H16ClNO. The molecule has 2 aromatic rings. The van der Waals surface area contributed by atoms with Crippen LogP contribution in [0.2, 0.25) is 5.02 Å². The van der Waals surface area contributed by atoms with Gasteiger partial charge in [0.25, 0.3) is 0 Å². The summed E-state index contributed by atoms with van der Waals surface area (Å²) in [5.74, 6) is 0. The van der Waals surface area contributed by atoms with Gasteiger partial charge in [-0.3, -0.25) is 0 Å². The monoisotopic (exact) mass is 237 g/mol. The Hall–Kier alpha value is -0.990. The highest BCUT2D eigenvalue weighted by Crippen LogP contribution is 2.28. The average molecular weight is 238 g/mol. The number of benzene rings is 1. The fourth-order valence-electron chi connectivity index (χ4n) is 2.05. The maximum atomic E-state index is 9.73. The number of aliphatic hydroxyl groups excluding tert-OH is 1. The lowest BCUT2D eigenvalue weighted by atomic mass is 10.1. The number of halogens is 1. The molecule has 86 valence electrons. The molecule has 0 radical (unpaired) electrons. The molecule has 0 aliphatic carbocycles. The largest absolute Gasteiger partial charge is 0.389 e. The van der Waals surface area contributed by atoms with Crippen LogP contribution in [0.5, 0.6) is 0 Å². The zero-order valence-electron chi connectivity index (χ0n) is 9.57. The van der Waals surface area contributed by atoms with E-state index in [1.54, 1.807) is 6.92 Å². The Labute approximate surface area is 100 Å². The van der Waals surface area contributed by atoms with Crippen molar-refractivity contribution < 1.29 is 5.11 Å². The van der Waals surface area contributed by atoms with Crippen LogP contribution in [0.4, 0.5) is 0 Å². The zero-order chi connectivity index (χ0) is 11.7. The van der Waals surface area contributed by atoms with Crippen molar-refractivity contribution in [1.82, 2.24) is 4.57 Å². The first kappa shape index (κ1) is 11.5. The van der Waals surface area contributed by atoms with Crippen molar-refractivity contribution in [3.05, 3.63) is 35.0 Å². The molecule has 0 saturated heterocycles. The normalized spacial score (nSPS) is 13.2. The summed E-state index contributed by atoms with van der Waals surface area (Å²) in [4.78, 5) is 0. The first-order chi connectivity index (χ1) is 7.63. The van der Waals surface area contributed by atoms with Crippen LogP contribution in [0.3, 0.4) is 0 Å². The summed E-state index contributed by atoms with van der Waals surface area (Å²) in [6, 6.07) is 5.80. The van der Waals surface area contributed by atoms with Gasteiger partial charge in [0.1, 0.15) is 0 Å². The first-order valence-corrected chi connectivity index (χ1v) is 5.97. The molecule has 0 amide bonds. The summed E-state index contributed by atoms with van der Waals surface area (Å²) in [5, 5.41) is 11.6. The van der Waals surface area contributed by atoms with Gasteiger partial charge in [-0.15, -0.1) is 0 Å². The van der Waals surface area contributed by atoms with Crippen LogP contribution in [0.15, 0.2) is 24.4 Å². The lowest BCUT2D eigenvalue weighted by molar-refractivity contribution is 0.200. The van der Waals surface area contributed by atoms with Crippen molar-refractivity contribution in [1.29, 1.82) is 0 Å². The van der Waals surface area contributed by atoms with Gasteiger partial charge in [-0.2, -0.15) is 0 Å². The summed E-state index contributed by atoms with van der Waals surface area (Å²) in [6.45, 7) is 4.88. The second-order valence-corrected chi connectivity index (χ2v) is 4.55. The first-order valence-electron chi connectivity index (χ1n) is 5.60. The van der Waals surface area contributed by atoms with Gasteiger partial charge in [0, 0.05) is 34.2 Å². The van der Waals surface area contributed by atoms with Crippen molar-refractivity contribution in [2.45, 2.75) is 32.9 Å². The molecule has 3 heteroatoms. The fourth-order valence-corrected chi connectivity index (χ4v) is 2.22. The van der Waals surface area contributed by atoms with Crippen molar-refractivity contribution in [3.8, 4) is 0 Å². The molecule has 1 aromatic heterocycles. The Bertz CT molecular complexity index is 502. The van der Waals surface area contributed by atoms with Crippen LogP contribution < -0.4 is 0 Å². The van der Waals surface area contributed by atoms with Crippen molar-refractivity contribution >= 4 is 22.5 Å². The van der Waals surface area contributed by atoms with E-state index in [1.165, 1.54) is 0 Å². The summed E-state index contributed by atoms with van der Waals surface area (Å²) < 4.78 is 2.16. The maximum Gasteiger partial charge on any atom is 0.0782 e. The molecule has 0 fully saturated rings. The number of fused-ring (bicyclic) bond motifs is 1. The quantitative estimate of drug-likeness (QED) is 0.864. The highest BCUT2D eigenvalue weighted by Gasteiger charge is 2.12. The smallest absolute Gasteiger partial charge is 0.0782 e. The second-order valence-electron chi connectivity index (χ2n) is 4.12. The molecule has 0 aliphatic rings. The number of aryl methyl sites for hydroxylation is 1. The van der Waals surface area contributed by atoms with Gasteiger partial charge >= 0.3 is 0 Å². The Morgan fingerprint density at radius 1 is 1.44 bits per heavy atom. The van der Waals surface area contributed by atoms with E-state index in [9.17, 15) is 5.11 Å². The summed E-state index contributed by atoms with van der Waals surface area (Å²) >= 11 is 6.00. The number of rotatable bonds is 3. The zero-order valence-corrected chi connectivity index (χ0v) is 10.3. The number of hydrogen-bond acceptors (Lipinski definition) is 1. The molecule has 1 N–H and O–H groups in total. The minimum absolute atomic E-state index is 0.443. The number of nitrogens with zero attached hydrogens (tertiary/aromatic N) is 1. The van der Waals surface area contributed by atoms with E-state index in [1.807, 2.05) is 24.4 Å². The van der Waals surface area contributed by atoms with Crippen LogP contribution in [0.25, 0.3) is 10.9 Å². The summed E-state index contributed by atoms with van der Waals surface area (Å²) in [5.41, 5.74) is 2.07. The Balaban J connectivity index is 2.66. The van der Waals surface area contributed by atoms with Gasteiger partial charge in [0.15, 0.2) is 0 Å². The minimum atomic E-state index is -0.443. The van der Waals surface area contributed by atoms with Crippen LogP contribution >= 0.6 is 11.6 Å². The third kappa shape index (κ3) is 1.95. The molecule has 0 aliphatic heterocycles. The van der Waals surface area contributed by atoms with E-state index < -0.39 is 6.10 Å². The number of aromatic nitrogens is 1. The minimum Gasteiger partial charge on any atom is -0.389 e. The fraction of sp³-hybridized carbons (Fsp3) is 0.385. The van der Waals surface area contributed by atoms with Crippen molar-refractivity contribution in [2.75, 3.05) is 0 Å². The second kappa shape index (κ2) is 4.48. The van der Waals surface area contributed by atoms with E-state index in [0.29, 0.717) is 0 Å². The van der Waals surface area contributed by atoms with Crippen LogP contribution in [-0.2, 0) is 6.54 Å². The predicted octanol–water partition coefficient (Wildman–Crippen LogP) is 3.76. The lowest BCUT2D eigenvalue weighted by Crippen LogP contribution is -1.94. The molecule has 2 nitrogen and oxygen atoms in total. The highest BCUT2D eigenvalue weighted by molar-refractivity contribution is 6.31. The number of hydrogen-bond donors (Lipinski definition) is 1. The lowest BCUT2D eigenvalue weighted by Gasteiger charge is -2.02. The molecule has 1 heterocycles. The standard InChI is InChI=1S/C13H16ClNO/c1-3-6-15-8-12(9(2)16)11-5-4-10(14)7-13(11)15/h4-5,7-9,16H,3,6H2,1-2H3. The van der Waals surface area contributed by atoms with Gasteiger partial charge in [-0.25, -0.2) is 0 Å². The van der Waals surface area contributed by atoms with Gasteiger partial charge in [-0.05, 0) is 25.5 Å². The van der Waals surface area contributed by atoms with E-state index >= 15 is 0 Å². The SMILES string of the molecule is CCCn1cc(C(C)O)c2ccc(Cl)cc21. The van der Waals surface area contributed by atoms with Crippen molar-refractivity contribution in [2.24, 2.45) is 0 Å². The highest BCUT2D eigenvalue weighted by atomic mass is 35.5. The molecule has 1 aromatic carbocycles.